The molecule has 0 fully saturated rings. The SMILES string of the molecule is CCS(=O)(=O)CC(C)COc1ccc(C(C)(C)c2cc(Cl)c(OCC(C)CCl)c(Cl)c2)cc1. The first kappa shape index (κ1) is 28.1. The van der Waals surface area contributed by atoms with E-state index in [4.69, 9.17) is 44.3 Å². The van der Waals surface area contributed by atoms with Crippen molar-refractivity contribution in [2.45, 2.75) is 40.0 Å². The van der Waals surface area contributed by atoms with Gasteiger partial charge in [-0.2, -0.15) is 0 Å². The Morgan fingerprint density at radius 1 is 0.909 bits per heavy atom. The highest BCUT2D eigenvalue weighted by atomic mass is 35.5. The molecule has 0 saturated heterocycles. The highest BCUT2D eigenvalue weighted by molar-refractivity contribution is 7.91. The Balaban J connectivity index is 2.12. The number of hydrogen-bond donors (Lipinski definition) is 0. The Labute approximate surface area is 213 Å². The van der Waals surface area contributed by atoms with Crippen LogP contribution in [0.1, 0.15) is 45.7 Å². The highest BCUT2D eigenvalue weighted by Gasteiger charge is 2.26. The van der Waals surface area contributed by atoms with E-state index in [2.05, 4.69) is 13.8 Å². The summed E-state index contributed by atoms with van der Waals surface area (Å²) in [7, 11) is -3.02. The summed E-state index contributed by atoms with van der Waals surface area (Å²) in [6.45, 7) is 10.5. The Bertz CT molecular complexity index is 997. The van der Waals surface area contributed by atoms with Crippen LogP contribution in [0, 0.1) is 11.8 Å². The van der Waals surface area contributed by atoms with E-state index in [-0.39, 0.29) is 28.8 Å². The van der Waals surface area contributed by atoms with Crippen molar-refractivity contribution < 1.29 is 17.9 Å². The van der Waals surface area contributed by atoms with Crippen LogP contribution in [0.2, 0.25) is 10.0 Å². The van der Waals surface area contributed by atoms with Gasteiger partial charge in [0.25, 0.3) is 0 Å². The summed E-state index contributed by atoms with van der Waals surface area (Å²) in [4.78, 5) is 0. The Morgan fingerprint density at radius 2 is 1.45 bits per heavy atom. The summed E-state index contributed by atoms with van der Waals surface area (Å²) < 4.78 is 35.1. The number of hydrogen-bond acceptors (Lipinski definition) is 4. The molecule has 0 aliphatic rings. The topological polar surface area (TPSA) is 52.6 Å². The molecule has 2 unspecified atom stereocenters. The maximum absolute atomic E-state index is 11.8. The summed E-state index contributed by atoms with van der Waals surface area (Å²) in [5, 5.41) is 0.923. The van der Waals surface area contributed by atoms with Gasteiger partial charge >= 0.3 is 0 Å². The van der Waals surface area contributed by atoms with Gasteiger partial charge in [0, 0.05) is 28.9 Å². The van der Waals surface area contributed by atoms with Gasteiger partial charge in [0.1, 0.15) is 15.6 Å². The number of benzene rings is 2. The van der Waals surface area contributed by atoms with Crippen molar-refractivity contribution >= 4 is 44.6 Å². The standard InChI is InChI=1S/C25H33Cl3O4S/c1-6-33(29,30)16-18(3)15-31-21-9-7-19(8-10-21)25(4,5)20-11-22(27)24(23(28)12-20)32-14-17(2)13-26/h7-12,17-18H,6,13-16H2,1-5H3. The van der Waals surface area contributed by atoms with Gasteiger partial charge in [-0.15, -0.1) is 11.6 Å². The molecule has 2 aromatic carbocycles. The van der Waals surface area contributed by atoms with Crippen LogP contribution in [0.15, 0.2) is 36.4 Å². The molecular formula is C25H33Cl3O4S. The molecule has 0 saturated carbocycles. The fraction of sp³-hybridized carbons (Fsp3) is 0.520. The molecule has 8 heteroatoms. The molecule has 184 valence electrons. The minimum Gasteiger partial charge on any atom is -0.493 e. The zero-order valence-electron chi connectivity index (χ0n) is 19.8. The molecule has 0 aliphatic carbocycles. The molecule has 2 aromatic rings. The molecule has 0 N–H and O–H groups in total. The Morgan fingerprint density at radius 3 is 1.97 bits per heavy atom. The van der Waals surface area contributed by atoms with E-state index >= 15 is 0 Å². The van der Waals surface area contributed by atoms with Gasteiger partial charge in [-0.05, 0) is 35.4 Å². The van der Waals surface area contributed by atoms with E-state index in [1.54, 1.807) is 6.92 Å². The Kier molecular flexibility index (Phi) is 10.2. The van der Waals surface area contributed by atoms with E-state index < -0.39 is 9.84 Å². The molecule has 2 rings (SSSR count). The van der Waals surface area contributed by atoms with Crippen molar-refractivity contribution in [2.24, 2.45) is 11.8 Å². The first-order valence-electron chi connectivity index (χ1n) is 11.0. The quantitative estimate of drug-likeness (QED) is 0.274. The number of ether oxygens (including phenoxy) is 2. The largest absolute Gasteiger partial charge is 0.493 e. The van der Waals surface area contributed by atoms with Crippen molar-refractivity contribution in [1.82, 2.24) is 0 Å². The average Bonchev–Trinajstić information content (AvgIpc) is 2.76. The van der Waals surface area contributed by atoms with Crippen LogP contribution in [0.3, 0.4) is 0 Å². The van der Waals surface area contributed by atoms with Crippen LogP contribution in [-0.2, 0) is 15.3 Å². The van der Waals surface area contributed by atoms with Crippen LogP contribution in [0.4, 0.5) is 0 Å². The Hall–Kier alpha value is -1.14. The van der Waals surface area contributed by atoms with E-state index in [0.717, 1.165) is 11.1 Å². The van der Waals surface area contributed by atoms with Gasteiger partial charge in [-0.3, -0.25) is 0 Å². The predicted octanol–water partition coefficient (Wildman–Crippen LogP) is 7.02. The van der Waals surface area contributed by atoms with E-state index in [1.165, 1.54) is 0 Å². The smallest absolute Gasteiger partial charge is 0.156 e. The second kappa shape index (κ2) is 12.0. The molecule has 0 spiro atoms. The maximum atomic E-state index is 11.8. The lowest BCUT2D eigenvalue weighted by molar-refractivity contribution is 0.271. The number of alkyl halides is 1. The van der Waals surface area contributed by atoms with Gasteiger partial charge in [0.2, 0.25) is 0 Å². The molecule has 4 nitrogen and oxygen atoms in total. The molecule has 0 aliphatic heterocycles. The lowest BCUT2D eigenvalue weighted by atomic mass is 9.78. The average molecular weight is 536 g/mol. The van der Waals surface area contributed by atoms with Crippen LogP contribution in [-0.4, -0.2) is 39.0 Å². The monoisotopic (exact) mass is 534 g/mol. The summed E-state index contributed by atoms with van der Waals surface area (Å²) in [5.74, 6) is 2.05. The van der Waals surface area contributed by atoms with Crippen molar-refractivity contribution in [2.75, 3.05) is 30.6 Å². The lowest BCUT2D eigenvalue weighted by Gasteiger charge is -2.27. The minimum absolute atomic E-state index is 0.0801. The van der Waals surface area contributed by atoms with Crippen LogP contribution in [0.25, 0.3) is 0 Å². The molecule has 0 amide bonds. The zero-order chi connectivity index (χ0) is 24.8. The van der Waals surface area contributed by atoms with Crippen molar-refractivity contribution in [3.63, 3.8) is 0 Å². The van der Waals surface area contributed by atoms with Crippen LogP contribution in [0.5, 0.6) is 11.5 Å². The van der Waals surface area contributed by atoms with Gasteiger partial charge in [-0.25, -0.2) is 8.42 Å². The van der Waals surface area contributed by atoms with Gasteiger partial charge < -0.3 is 9.47 Å². The fourth-order valence-corrected chi connectivity index (χ4v) is 5.19. The third-order valence-electron chi connectivity index (χ3n) is 5.58. The molecule has 0 aromatic heterocycles. The second-order valence-corrected chi connectivity index (χ2v) is 12.6. The zero-order valence-corrected chi connectivity index (χ0v) is 22.9. The second-order valence-electron chi connectivity index (χ2n) is 9.10. The van der Waals surface area contributed by atoms with Gasteiger partial charge in [0.15, 0.2) is 5.75 Å². The van der Waals surface area contributed by atoms with E-state index in [9.17, 15) is 8.42 Å². The van der Waals surface area contributed by atoms with Crippen molar-refractivity contribution in [1.29, 1.82) is 0 Å². The van der Waals surface area contributed by atoms with E-state index in [1.807, 2.05) is 50.2 Å². The summed E-state index contributed by atoms with van der Waals surface area (Å²) in [6.07, 6.45) is 0. The number of rotatable bonds is 12. The van der Waals surface area contributed by atoms with Gasteiger partial charge in [0.05, 0.1) is 29.0 Å². The molecule has 2 atom stereocenters. The summed E-state index contributed by atoms with van der Waals surface area (Å²) in [6, 6.07) is 11.6. The minimum atomic E-state index is -3.02. The van der Waals surface area contributed by atoms with Crippen molar-refractivity contribution in [3.8, 4) is 11.5 Å². The number of sulfone groups is 1. The lowest BCUT2D eigenvalue weighted by Crippen LogP contribution is -2.21. The molecule has 0 heterocycles. The third kappa shape index (κ3) is 7.95. The fourth-order valence-electron chi connectivity index (χ4n) is 3.30. The third-order valence-corrected chi connectivity index (χ3v) is 8.63. The van der Waals surface area contributed by atoms with E-state index in [0.29, 0.717) is 40.6 Å². The molecular weight excluding hydrogens is 503 g/mol. The highest BCUT2D eigenvalue weighted by Crippen LogP contribution is 2.40. The van der Waals surface area contributed by atoms with Gasteiger partial charge in [-0.1, -0.05) is 70.0 Å². The normalized spacial score (nSPS) is 14.1. The molecule has 0 radical (unpaired) electrons. The van der Waals surface area contributed by atoms with Crippen molar-refractivity contribution in [3.05, 3.63) is 57.6 Å². The molecule has 33 heavy (non-hydrogen) atoms. The first-order valence-corrected chi connectivity index (χ1v) is 14.1. The summed E-state index contributed by atoms with van der Waals surface area (Å²) in [5.41, 5.74) is 1.66. The first-order chi connectivity index (χ1) is 15.4. The predicted molar refractivity (Wildman–Crippen MR) is 139 cm³/mol. The number of halogens is 3. The summed E-state index contributed by atoms with van der Waals surface area (Å²) >= 11 is 18.9. The van der Waals surface area contributed by atoms with Crippen LogP contribution < -0.4 is 9.47 Å². The molecule has 0 bridgehead atoms. The maximum Gasteiger partial charge on any atom is 0.156 e. The van der Waals surface area contributed by atoms with Crippen LogP contribution >= 0.6 is 34.8 Å².